The standard InChI is InChI=1S/C17H23FN4O6/c18-11-5-4-10-19-14(11)15(25)20-8-2-1-3-9-21-17(28)22-12(16(26)27)6-7-13(23)24/h4-5,10,12H,1-3,6-9H2,(H,20,25)(H,23,24)(H,26,27)(H2,21,22,28)/t12-/m0/s1/i18-1. The van der Waals surface area contributed by atoms with Crippen LogP contribution in [0.1, 0.15) is 42.6 Å². The zero-order valence-electron chi connectivity index (χ0n) is 15.1. The molecule has 0 spiro atoms. The first-order valence-corrected chi connectivity index (χ1v) is 8.69. The molecule has 1 heterocycles. The number of hydrogen-bond donors (Lipinski definition) is 5. The summed E-state index contributed by atoms with van der Waals surface area (Å²) >= 11 is 0. The summed E-state index contributed by atoms with van der Waals surface area (Å²) in [6.45, 7) is 0.594. The summed E-state index contributed by atoms with van der Waals surface area (Å²) in [4.78, 5) is 48.5. The predicted octanol–water partition coefficient (Wildman–Crippen LogP) is 0.738. The van der Waals surface area contributed by atoms with Crippen LogP contribution in [0.3, 0.4) is 0 Å². The van der Waals surface area contributed by atoms with E-state index in [-0.39, 0.29) is 25.1 Å². The van der Waals surface area contributed by atoms with Gasteiger partial charge in [-0.25, -0.2) is 19.0 Å². The first-order valence-electron chi connectivity index (χ1n) is 8.69. The van der Waals surface area contributed by atoms with Gasteiger partial charge in [-0.2, -0.15) is 0 Å². The Bertz CT molecular complexity index is 700. The lowest BCUT2D eigenvalue weighted by Crippen LogP contribution is -2.46. The van der Waals surface area contributed by atoms with Crippen molar-refractivity contribution in [2.75, 3.05) is 13.1 Å². The van der Waals surface area contributed by atoms with Gasteiger partial charge in [-0.15, -0.1) is 0 Å². The second-order valence-corrected chi connectivity index (χ2v) is 5.87. The Morgan fingerprint density at radius 2 is 1.75 bits per heavy atom. The van der Waals surface area contributed by atoms with E-state index in [2.05, 4.69) is 20.9 Å². The van der Waals surface area contributed by atoms with E-state index in [0.717, 1.165) is 6.07 Å². The Kier molecular flexibility index (Phi) is 9.94. The Hall–Kier alpha value is -3.24. The summed E-state index contributed by atoms with van der Waals surface area (Å²) in [7, 11) is 0. The number of aromatic nitrogens is 1. The second kappa shape index (κ2) is 12.2. The highest BCUT2D eigenvalue weighted by atomic mass is 18.2. The van der Waals surface area contributed by atoms with Gasteiger partial charge in [0.15, 0.2) is 11.5 Å². The second-order valence-electron chi connectivity index (χ2n) is 5.87. The van der Waals surface area contributed by atoms with Crippen LogP contribution < -0.4 is 16.0 Å². The summed E-state index contributed by atoms with van der Waals surface area (Å²) in [5.74, 6) is -3.75. The molecule has 28 heavy (non-hydrogen) atoms. The summed E-state index contributed by atoms with van der Waals surface area (Å²) < 4.78 is 13.4. The van der Waals surface area contributed by atoms with E-state index < -0.39 is 35.7 Å². The molecule has 1 aromatic heterocycles. The van der Waals surface area contributed by atoms with Crippen LogP contribution in [0, 0.1) is 5.82 Å². The van der Waals surface area contributed by atoms with Gasteiger partial charge in [-0.1, -0.05) is 0 Å². The van der Waals surface area contributed by atoms with Gasteiger partial charge in [-0.3, -0.25) is 9.59 Å². The number of rotatable bonds is 12. The van der Waals surface area contributed by atoms with Crippen molar-refractivity contribution < 1.29 is 33.8 Å². The van der Waals surface area contributed by atoms with Gasteiger partial charge in [0.1, 0.15) is 6.04 Å². The summed E-state index contributed by atoms with van der Waals surface area (Å²) in [6, 6.07) is 0.560. The van der Waals surface area contributed by atoms with E-state index in [1.165, 1.54) is 12.3 Å². The summed E-state index contributed by atoms with van der Waals surface area (Å²) in [6.07, 6.45) is 2.58. The molecule has 0 radical (unpaired) electrons. The molecular weight excluding hydrogens is 374 g/mol. The van der Waals surface area contributed by atoms with Crippen LogP contribution in [0.4, 0.5) is 9.18 Å². The molecule has 0 aromatic carbocycles. The minimum atomic E-state index is -1.31. The average molecular weight is 397 g/mol. The number of hydrogen-bond acceptors (Lipinski definition) is 5. The maximum atomic E-state index is 13.4. The molecule has 154 valence electrons. The third-order valence-electron chi connectivity index (χ3n) is 3.65. The van der Waals surface area contributed by atoms with Gasteiger partial charge in [0, 0.05) is 25.7 Å². The maximum Gasteiger partial charge on any atom is 0.326 e. The van der Waals surface area contributed by atoms with Gasteiger partial charge in [0.05, 0.1) is 0 Å². The fourth-order valence-corrected chi connectivity index (χ4v) is 2.20. The average Bonchev–Trinajstić information content (AvgIpc) is 2.64. The number of carbonyl (C=O) groups excluding carboxylic acids is 2. The number of aliphatic carboxylic acids is 2. The lowest BCUT2D eigenvalue weighted by atomic mass is 10.1. The molecule has 0 saturated carbocycles. The topological polar surface area (TPSA) is 158 Å². The molecule has 1 rings (SSSR count). The van der Waals surface area contributed by atoms with Crippen LogP contribution >= 0.6 is 0 Å². The molecule has 1 aromatic rings. The highest BCUT2D eigenvalue weighted by Crippen LogP contribution is 2.02. The van der Waals surface area contributed by atoms with E-state index in [1.54, 1.807) is 0 Å². The van der Waals surface area contributed by atoms with Crippen molar-refractivity contribution in [3.05, 3.63) is 29.8 Å². The van der Waals surface area contributed by atoms with E-state index >= 15 is 0 Å². The highest BCUT2D eigenvalue weighted by Gasteiger charge is 2.20. The molecule has 11 heteroatoms. The summed E-state index contributed by atoms with van der Waals surface area (Å²) in [5, 5.41) is 24.7. The largest absolute Gasteiger partial charge is 0.481 e. The molecule has 1 atom stereocenters. The lowest BCUT2D eigenvalue weighted by Gasteiger charge is -2.14. The number of nitrogens with zero attached hydrogens (tertiary/aromatic N) is 1. The quantitative estimate of drug-likeness (QED) is 0.325. The number of unbranched alkanes of at least 4 members (excludes halogenated alkanes) is 2. The molecule has 0 aliphatic carbocycles. The van der Waals surface area contributed by atoms with E-state index in [0.29, 0.717) is 25.8 Å². The minimum absolute atomic E-state index is 0.214. The van der Waals surface area contributed by atoms with Crippen LogP contribution in [0.15, 0.2) is 18.3 Å². The predicted molar refractivity (Wildman–Crippen MR) is 95.2 cm³/mol. The van der Waals surface area contributed by atoms with Gasteiger partial charge in [0.2, 0.25) is 0 Å². The Morgan fingerprint density at radius 3 is 2.36 bits per heavy atom. The number of carboxylic acid groups (broad SMARTS) is 2. The first kappa shape index (κ1) is 22.8. The van der Waals surface area contributed by atoms with Gasteiger partial charge in [0.25, 0.3) is 5.91 Å². The minimum Gasteiger partial charge on any atom is -0.481 e. The van der Waals surface area contributed by atoms with Crippen molar-refractivity contribution in [1.82, 2.24) is 20.9 Å². The number of carbonyl (C=O) groups is 4. The smallest absolute Gasteiger partial charge is 0.326 e. The number of urea groups is 1. The zero-order chi connectivity index (χ0) is 20.9. The number of halogens is 1. The van der Waals surface area contributed by atoms with E-state index in [1.807, 2.05) is 0 Å². The fourth-order valence-electron chi connectivity index (χ4n) is 2.20. The monoisotopic (exact) mass is 397 g/mol. The maximum absolute atomic E-state index is 13.4. The molecule has 5 N–H and O–H groups in total. The van der Waals surface area contributed by atoms with Crippen molar-refractivity contribution in [3.8, 4) is 0 Å². The summed E-state index contributed by atoms with van der Waals surface area (Å²) in [5.41, 5.74) is -0.267. The third kappa shape index (κ3) is 8.92. The SMILES string of the molecule is O=C(O)CC[C@H](NC(=O)NCCCCCNC(=O)c1ncccc1[18F])C(=O)O. The van der Waals surface area contributed by atoms with E-state index in [9.17, 15) is 23.6 Å². The normalized spacial score (nSPS) is 11.3. The fraction of sp³-hybridized carbons (Fsp3) is 0.471. The van der Waals surface area contributed by atoms with Crippen molar-refractivity contribution in [1.29, 1.82) is 0 Å². The molecule has 0 aliphatic rings. The molecule has 3 amide bonds. The van der Waals surface area contributed by atoms with Gasteiger partial charge >= 0.3 is 18.0 Å². The van der Waals surface area contributed by atoms with E-state index in [4.69, 9.17) is 10.2 Å². The van der Waals surface area contributed by atoms with Crippen LogP contribution in [0.2, 0.25) is 0 Å². The molecule has 0 fully saturated rings. The van der Waals surface area contributed by atoms with Crippen molar-refractivity contribution in [3.63, 3.8) is 0 Å². The molecular formula is C17H23FN4O6. The number of carboxylic acids is 2. The Morgan fingerprint density at radius 1 is 1.07 bits per heavy atom. The molecule has 0 unspecified atom stereocenters. The number of pyridine rings is 1. The molecule has 0 aliphatic heterocycles. The number of amides is 3. The zero-order valence-corrected chi connectivity index (χ0v) is 15.1. The van der Waals surface area contributed by atoms with Crippen molar-refractivity contribution in [2.24, 2.45) is 0 Å². The number of nitrogens with one attached hydrogen (secondary N) is 3. The first-order chi connectivity index (χ1) is 13.3. The third-order valence-corrected chi connectivity index (χ3v) is 3.65. The van der Waals surface area contributed by atoms with Crippen LogP contribution in [-0.4, -0.2) is 58.2 Å². The van der Waals surface area contributed by atoms with Crippen LogP contribution in [0.25, 0.3) is 0 Å². The van der Waals surface area contributed by atoms with Gasteiger partial charge in [-0.05, 0) is 37.8 Å². The highest BCUT2D eigenvalue weighted by molar-refractivity contribution is 5.92. The van der Waals surface area contributed by atoms with Crippen LogP contribution in [-0.2, 0) is 9.59 Å². The molecule has 0 bridgehead atoms. The van der Waals surface area contributed by atoms with Crippen molar-refractivity contribution in [2.45, 2.75) is 38.1 Å². The van der Waals surface area contributed by atoms with Crippen molar-refractivity contribution >= 4 is 23.9 Å². The van der Waals surface area contributed by atoms with Gasteiger partial charge < -0.3 is 26.2 Å². The Labute approximate surface area is 160 Å². The molecule has 0 saturated heterocycles. The molecule has 10 nitrogen and oxygen atoms in total. The lowest BCUT2D eigenvalue weighted by molar-refractivity contribution is -0.140. The Balaban J connectivity index is 2.15. The van der Waals surface area contributed by atoms with Crippen LogP contribution in [0.5, 0.6) is 0 Å².